The van der Waals surface area contributed by atoms with E-state index in [-0.39, 0.29) is 54.7 Å². The van der Waals surface area contributed by atoms with Crippen molar-refractivity contribution in [3.8, 4) is 0 Å². The maximum absolute atomic E-state index is 11.5. The summed E-state index contributed by atoms with van der Waals surface area (Å²) in [5.41, 5.74) is 13.7. The summed E-state index contributed by atoms with van der Waals surface area (Å²) in [7, 11) is 0. The van der Waals surface area contributed by atoms with Crippen LogP contribution in [0.25, 0.3) is 56.5 Å². The largest absolute Gasteiger partial charge is 0.481 e. The molecule has 2 aliphatic rings. The number of H-pyrrole nitrogens is 2. The summed E-state index contributed by atoms with van der Waals surface area (Å²) in [5, 5.41) is 18.9. The van der Waals surface area contributed by atoms with Crippen molar-refractivity contribution in [1.29, 1.82) is 0 Å². The number of allylic oxidation sites excluding steroid dienone is 4. The minimum Gasteiger partial charge on any atom is -0.481 e. The van der Waals surface area contributed by atoms with Crippen LogP contribution >= 0.6 is 24.8 Å². The van der Waals surface area contributed by atoms with Crippen molar-refractivity contribution >= 4 is 93.3 Å². The summed E-state index contributed by atoms with van der Waals surface area (Å²) in [6.07, 6.45) is 4.20. The summed E-state index contributed by atoms with van der Waals surface area (Å²) in [5.74, 6) is -1.78. The molecule has 0 saturated carbocycles. The second-order valence-electron chi connectivity index (χ2n) is 10.7. The van der Waals surface area contributed by atoms with Gasteiger partial charge >= 0.3 is 11.9 Å². The molecular weight excluding hydrogens is 655 g/mol. The molecule has 4 N–H and O–H groups in total. The first kappa shape index (κ1) is 37.3. The van der Waals surface area contributed by atoms with Crippen LogP contribution in [0.1, 0.15) is 84.6 Å². The number of halogens is 2. The number of rotatable bonds is 8. The van der Waals surface area contributed by atoms with E-state index in [4.69, 9.17) is 9.97 Å². The topological polar surface area (TPSA) is 132 Å². The first-order valence-corrected chi connectivity index (χ1v) is 13.9. The van der Waals surface area contributed by atoms with Crippen LogP contribution < -0.4 is 0 Å². The molecule has 0 saturated heterocycles. The van der Waals surface area contributed by atoms with Gasteiger partial charge in [-0.05, 0) is 98.2 Å². The SMILES string of the molecule is C=Cc1c(C)c2cc3[nH]c(cc4nc(cc5nc(cc1[nH]2)C(C)=C5CCC(=O)O)C(CCC(=O)O)=C4C)c(C)c3C=C.Cl.Cl.[Fe]. The van der Waals surface area contributed by atoms with E-state index in [1.54, 1.807) is 0 Å². The number of carbonyl (C=O) groups is 2. The van der Waals surface area contributed by atoms with Gasteiger partial charge in [-0.15, -0.1) is 24.8 Å². The van der Waals surface area contributed by atoms with Crippen molar-refractivity contribution in [3.63, 3.8) is 0 Å². The zero-order valence-electron chi connectivity index (χ0n) is 25.5. The number of carboxylic acids is 2. The molecule has 0 fully saturated rings. The van der Waals surface area contributed by atoms with E-state index in [0.29, 0.717) is 24.2 Å². The van der Waals surface area contributed by atoms with E-state index in [1.807, 2.05) is 58.0 Å². The molecule has 0 atom stereocenters. The third kappa shape index (κ3) is 7.18. The van der Waals surface area contributed by atoms with E-state index >= 15 is 0 Å². The monoisotopic (exact) mass is 690 g/mol. The Morgan fingerprint density at radius 1 is 0.667 bits per heavy atom. The fourth-order valence-electron chi connectivity index (χ4n) is 5.77. The molecular formula is C34H36Cl2FeN4O4. The maximum atomic E-state index is 11.5. The fourth-order valence-corrected chi connectivity index (χ4v) is 5.77. The maximum Gasteiger partial charge on any atom is 0.303 e. The van der Waals surface area contributed by atoms with Crippen molar-refractivity contribution in [2.45, 2.75) is 53.4 Å². The Balaban J connectivity index is 0.00000235. The summed E-state index contributed by atoms with van der Waals surface area (Å²) in [6, 6.07) is 7.88. The van der Waals surface area contributed by atoms with Crippen LogP contribution in [0.5, 0.6) is 0 Å². The number of aromatic nitrogens is 4. The van der Waals surface area contributed by atoms with Crippen LogP contribution in [0, 0.1) is 13.8 Å². The quantitative estimate of drug-likeness (QED) is 0.175. The average Bonchev–Trinajstić information content (AvgIpc) is 3.59. The molecule has 0 spiro atoms. The van der Waals surface area contributed by atoms with E-state index in [0.717, 1.165) is 78.0 Å². The van der Waals surface area contributed by atoms with Gasteiger partial charge in [0.25, 0.3) is 0 Å². The molecule has 0 radical (unpaired) electrons. The minimum atomic E-state index is -0.889. The third-order valence-electron chi connectivity index (χ3n) is 8.22. The van der Waals surface area contributed by atoms with Gasteiger partial charge in [0, 0.05) is 63.1 Å². The Morgan fingerprint density at radius 3 is 1.44 bits per heavy atom. The van der Waals surface area contributed by atoms with Crippen molar-refractivity contribution in [1.82, 2.24) is 19.9 Å². The van der Waals surface area contributed by atoms with Gasteiger partial charge in [-0.1, -0.05) is 25.3 Å². The number of carboxylic acid groups (broad SMARTS) is 2. The molecule has 45 heavy (non-hydrogen) atoms. The third-order valence-corrected chi connectivity index (χ3v) is 8.22. The number of aliphatic carboxylic acids is 2. The normalized spacial score (nSPS) is 12.2. The molecule has 0 aromatic carbocycles. The molecule has 0 aliphatic carbocycles. The Kier molecular flexibility index (Phi) is 12.4. The van der Waals surface area contributed by atoms with Gasteiger partial charge in [-0.25, -0.2) is 9.97 Å². The second kappa shape index (κ2) is 14.9. The van der Waals surface area contributed by atoms with Crippen LogP contribution in [-0.2, 0) is 26.7 Å². The Bertz CT molecular complexity index is 1940. The fraction of sp³-hybridized carbons (Fsp3) is 0.235. The number of nitrogens with zero attached hydrogens (tertiary/aromatic N) is 2. The number of aryl methyl sites for hydroxylation is 2. The zero-order chi connectivity index (χ0) is 30.3. The summed E-state index contributed by atoms with van der Waals surface area (Å²) in [4.78, 5) is 40.0. The summed E-state index contributed by atoms with van der Waals surface area (Å²) < 4.78 is 0. The van der Waals surface area contributed by atoms with Crippen LogP contribution in [0.15, 0.2) is 37.4 Å². The van der Waals surface area contributed by atoms with Crippen molar-refractivity contribution in [2.24, 2.45) is 0 Å². The molecule has 8 bridgehead atoms. The van der Waals surface area contributed by atoms with E-state index < -0.39 is 11.9 Å². The summed E-state index contributed by atoms with van der Waals surface area (Å²) >= 11 is 0. The molecule has 5 rings (SSSR count). The molecule has 0 unspecified atom stereocenters. The van der Waals surface area contributed by atoms with Gasteiger partial charge < -0.3 is 20.2 Å². The van der Waals surface area contributed by atoms with Gasteiger partial charge in [0.1, 0.15) is 0 Å². The zero-order valence-corrected chi connectivity index (χ0v) is 28.2. The molecule has 238 valence electrons. The van der Waals surface area contributed by atoms with Gasteiger partial charge in [-0.3, -0.25) is 9.59 Å². The Labute approximate surface area is 284 Å². The average molecular weight is 691 g/mol. The van der Waals surface area contributed by atoms with Crippen molar-refractivity contribution in [3.05, 3.63) is 82.5 Å². The molecule has 11 heteroatoms. The number of nitrogens with one attached hydrogen (secondary N) is 2. The number of hydrogen-bond donors (Lipinski definition) is 4. The molecule has 3 aromatic heterocycles. The first-order chi connectivity index (χ1) is 20.0. The molecule has 8 nitrogen and oxygen atoms in total. The second-order valence-corrected chi connectivity index (χ2v) is 10.7. The summed E-state index contributed by atoms with van der Waals surface area (Å²) in [6.45, 7) is 16.1. The van der Waals surface area contributed by atoms with Crippen LogP contribution in [-0.4, -0.2) is 42.1 Å². The van der Waals surface area contributed by atoms with Crippen LogP contribution in [0.4, 0.5) is 0 Å². The van der Waals surface area contributed by atoms with Crippen LogP contribution in [0.3, 0.4) is 0 Å². The van der Waals surface area contributed by atoms with Gasteiger partial charge in [0.2, 0.25) is 0 Å². The minimum absolute atomic E-state index is 0. The number of hydrogen-bond acceptors (Lipinski definition) is 4. The van der Waals surface area contributed by atoms with E-state index in [1.165, 1.54) is 0 Å². The van der Waals surface area contributed by atoms with Crippen molar-refractivity contribution < 1.29 is 36.9 Å². The van der Waals surface area contributed by atoms with Crippen LogP contribution in [0.2, 0.25) is 0 Å². The standard InChI is InChI=1S/C34H34N4O4.2ClH.Fe/c1-7-21-17(3)25-13-26-19(5)23(9-11-33(39)40)31(37-26)16-32-24(10-12-34(41)42)20(6)28(38-32)15-30-22(8-2)18(4)27(36-30)14-29(21)35-25;;;/h7-8,13-16,35-36H,1-2,9-12H2,3-6H3,(H,39,40)(H,41,42);2*1H;. The predicted molar refractivity (Wildman–Crippen MR) is 184 cm³/mol. The smallest absolute Gasteiger partial charge is 0.303 e. The molecule has 3 aromatic rings. The molecule has 5 heterocycles. The Hall–Kier alpha value is -3.88. The predicted octanol–water partition coefficient (Wildman–Crippen LogP) is 8.65. The first-order valence-electron chi connectivity index (χ1n) is 13.9. The number of fused-ring (bicyclic) bond motifs is 8. The van der Waals surface area contributed by atoms with Gasteiger partial charge in [0.05, 0.1) is 22.8 Å². The Morgan fingerprint density at radius 2 is 1.04 bits per heavy atom. The molecule has 2 aliphatic heterocycles. The van der Waals surface area contributed by atoms with Gasteiger partial charge in [-0.2, -0.15) is 0 Å². The van der Waals surface area contributed by atoms with E-state index in [9.17, 15) is 19.8 Å². The van der Waals surface area contributed by atoms with Crippen molar-refractivity contribution in [2.75, 3.05) is 0 Å². The van der Waals surface area contributed by atoms with Gasteiger partial charge in [0.15, 0.2) is 0 Å². The molecule has 0 amide bonds. The number of aromatic amines is 2. The van der Waals surface area contributed by atoms with E-state index in [2.05, 4.69) is 29.2 Å².